The second-order valence-corrected chi connectivity index (χ2v) is 7.23. The van der Waals surface area contributed by atoms with Crippen molar-refractivity contribution in [2.75, 3.05) is 25.0 Å². The average molecular weight is 359 g/mol. The Kier molecular flexibility index (Phi) is 5.13. The van der Waals surface area contributed by atoms with E-state index in [-0.39, 0.29) is 19.0 Å². The lowest BCUT2D eigenvalue weighted by Gasteiger charge is -2.31. The van der Waals surface area contributed by atoms with Crippen molar-refractivity contribution < 1.29 is 21.6 Å². The number of hydrogen-bond donors (Lipinski definition) is 1. The summed E-state index contributed by atoms with van der Waals surface area (Å²) in [5, 5.41) is 3.34. The van der Waals surface area contributed by atoms with Crippen LogP contribution in [0.5, 0.6) is 0 Å². The molecular formula is C11H14ClF3N4O2S. The van der Waals surface area contributed by atoms with E-state index >= 15 is 0 Å². The molecule has 0 amide bonds. The highest BCUT2D eigenvalue weighted by Crippen LogP contribution is 2.30. The van der Waals surface area contributed by atoms with Crippen molar-refractivity contribution in [1.29, 1.82) is 0 Å². The van der Waals surface area contributed by atoms with E-state index in [1.807, 2.05) is 0 Å². The van der Waals surface area contributed by atoms with Gasteiger partial charge in [-0.1, -0.05) is 11.6 Å². The van der Waals surface area contributed by atoms with E-state index < -0.39 is 15.5 Å². The third-order valence-corrected chi connectivity index (χ3v) is 5.34. The van der Waals surface area contributed by atoms with Crippen LogP contribution in [0.3, 0.4) is 0 Å². The first-order chi connectivity index (χ1) is 10.2. The Hall–Kier alpha value is -1.13. The van der Waals surface area contributed by atoms with Gasteiger partial charge in [0.1, 0.15) is 17.2 Å². The lowest BCUT2D eigenvalue weighted by atomic mass is 9.98. The fourth-order valence-corrected chi connectivity index (χ4v) is 3.34. The predicted molar refractivity (Wildman–Crippen MR) is 74.8 cm³/mol. The predicted octanol–water partition coefficient (Wildman–Crippen LogP) is 2.10. The van der Waals surface area contributed by atoms with Gasteiger partial charge in [0.15, 0.2) is 0 Å². The lowest BCUT2D eigenvalue weighted by molar-refractivity contribution is -0.0496. The van der Waals surface area contributed by atoms with E-state index in [2.05, 4.69) is 15.3 Å². The summed E-state index contributed by atoms with van der Waals surface area (Å²) in [5.74, 6) is 0.493. The molecule has 2 rings (SSSR count). The smallest absolute Gasteiger partial charge is 0.368 e. The van der Waals surface area contributed by atoms with Crippen LogP contribution in [0.15, 0.2) is 12.5 Å². The van der Waals surface area contributed by atoms with Crippen molar-refractivity contribution in [2.45, 2.75) is 18.3 Å². The van der Waals surface area contributed by atoms with Gasteiger partial charge in [-0.3, -0.25) is 0 Å². The SMILES string of the molecule is O=S(=O)(N1CCC(CNc2ncncc2Cl)CC1)C(F)(F)F. The lowest BCUT2D eigenvalue weighted by Crippen LogP contribution is -2.45. The first kappa shape index (κ1) is 17.2. The molecule has 0 aliphatic carbocycles. The van der Waals surface area contributed by atoms with Gasteiger partial charge in [-0.15, -0.1) is 0 Å². The number of halogens is 4. The van der Waals surface area contributed by atoms with E-state index in [0.29, 0.717) is 34.5 Å². The minimum atomic E-state index is -5.24. The average Bonchev–Trinajstić information content (AvgIpc) is 2.46. The molecule has 1 fully saturated rings. The number of anilines is 1. The van der Waals surface area contributed by atoms with Crippen molar-refractivity contribution >= 4 is 27.4 Å². The Morgan fingerprint density at radius 2 is 2.00 bits per heavy atom. The molecule has 0 spiro atoms. The summed E-state index contributed by atoms with van der Waals surface area (Å²) in [6, 6.07) is 0. The molecule has 0 unspecified atom stereocenters. The standard InChI is InChI=1S/C11H14ClF3N4O2S/c12-9-6-16-7-18-10(9)17-5-8-1-3-19(4-2-8)22(20,21)11(13,14)15/h6-8H,1-5H2,(H,16,17,18). The van der Waals surface area contributed by atoms with Crippen molar-refractivity contribution in [1.82, 2.24) is 14.3 Å². The number of rotatable bonds is 4. The maximum atomic E-state index is 12.5. The molecule has 1 aliphatic heterocycles. The molecule has 22 heavy (non-hydrogen) atoms. The third kappa shape index (κ3) is 3.79. The van der Waals surface area contributed by atoms with Crippen molar-refractivity contribution in [3.05, 3.63) is 17.5 Å². The largest absolute Gasteiger partial charge is 0.511 e. The fraction of sp³-hybridized carbons (Fsp3) is 0.636. The molecule has 1 aromatic rings. The Morgan fingerprint density at radius 3 is 2.55 bits per heavy atom. The number of sulfonamides is 1. The molecule has 2 heterocycles. The maximum absolute atomic E-state index is 12.5. The minimum Gasteiger partial charge on any atom is -0.368 e. The minimum absolute atomic E-state index is 0.0470. The second-order valence-electron chi connectivity index (χ2n) is 4.89. The number of alkyl halides is 3. The first-order valence-electron chi connectivity index (χ1n) is 6.47. The monoisotopic (exact) mass is 358 g/mol. The van der Waals surface area contributed by atoms with Crippen molar-refractivity contribution in [2.24, 2.45) is 5.92 Å². The molecule has 1 saturated heterocycles. The molecule has 0 saturated carbocycles. The highest BCUT2D eigenvalue weighted by Gasteiger charge is 2.50. The van der Waals surface area contributed by atoms with Gasteiger partial charge in [0.25, 0.3) is 0 Å². The third-order valence-electron chi connectivity index (χ3n) is 3.43. The number of nitrogens with zero attached hydrogens (tertiary/aromatic N) is 3. The van der Waals surface area contributed by atoms with Crippen LogP contribution in [0, 0.1) is 5.92 Å². The van der Waals surface area contributed by atoms with Crippen molar-refractivity contribution in [3.63, 3.8) is 0 Å². The van der Waals surface area contributed by atoms with Crippen LogP contribution < -0.4 is 5.32 Å². The molecule has 1 N–H and O–H groups in total. The van der Waals surface area contributed by atoms with Gasteiger partial charge in [0, 0.05) is 19.6 Å². The molecule has 0 atom stereocenters. The van der Waals surface area contributed by atoms with Gasteiger partial charge in [0.05, 0.1) is 6.20 Å². The van der Waals surface area contributed by atoms with Crippen molar-refractivity contribution in [3.8, 4) is 0 Å². The van der Waals surface area contributed by atoms with Crippen LogP contribution in [0.25, 0.3) is 0 Å². The van der Waals surface area contributed by atoms with Gasteiger partial charge in [-0.05, 0) is 18.8 Å². The van der Waals surface area contributed by atoms with Gasteiger partial charge >= 0.3 is 15.5 Å². The van der Waals surface area contributed by atoms with Gasteiger partial charge in [-0.2, -0.15) is 17.5 Å². The highest BCUT2D eigenvalue weighted by molar-refractivity contribution is 7.90. The summed E-state index contributed by atoms with van der Waals surface area (Å²) in [6.45, 7) is 0.161. The number of nitrogens with one attached hydrogen (secondary N) is 1. The van der Waals surface area contributed by atoms with Gasteiger partial charge < -0.3 is 5.32 Å². The molecule has 124 valence electrons. The van der Waals surface area contributed by atoms with E-state index in [9.17, 15) is 21.6 Å². The maximum Gasteiger partial charge on any atom is 0.511 e. The zero-order chi connectivity index (χ0) is 16.4. The summed E-state index contributed by atoms with van der Waals surface area (Å²) in [7, 11) is -5.23. The number of aromatic nitrogens is 2. The topological polar surface area (TPSA) is 75.2 Å². The van der Waals surface area contributed by atoms with Gasteiger partial charge in [-0.25, -0.2) is 18.4 Å². The highest BCUT2D eigenvalue weighted by atomic mass is 35.5. The number of piperidine rings is 1. The first-order valence-corrected chi connectivity index (χ1v) is 8.29. The Morgan fingerprint density at radius 1 is 1.36 bits per heavy atom. The molecule has 1 aromatic heterocycles. The Balaban J connectivity index is 1.87. The molecule has 11 heteroatoms. The van der Waals surface area contributed by atoms with Crippen LogP contribution >= 0.6 is 11.6 Å². The van der Waals surface area contributed by atoms with Crippen LogP contribution in [0.1, 0.15) is 12.8 Å². The van der Waals surface area contributed by atoms with Crippen LogP contribution in [-0.4, -0.2) is 47.8 Å². The normalized spacial score (nSPS) is 18.4. The van der Waals surface area contributed by atoms with Crippen LogP contribution in [0.4, 0.5) is 19.0 Å². The summed E-state index contributed by atoms with van der Waals surface area (Å²) in [6.07, 6.45) is 3.43. The summed E-state index contributed by atoms with van der Waals surface area (Å²) < 4.78 is 60.4. The Labute approximate surface area is 130 Å². The zero-order valence-electron chi connectivity index (χ0n) is 11.3. The van der Waals surface area contributed by atoms with E-state index in [1.54, 1.807) is 0 Å². The fourth-order valence-electron chi connectivity index (χ4n) is 2.18. The molecule has 6 nitrogen and oxygen atoms in total. The summed E-state index contributed by atoms with van der Waals surface area (Å²) >= 11 is 5.88. The molecule has 0 radical (unpaired) electrons. The molecule has 1 aliphatic rings. The summed E-state index contributed by atoms with van der Waals surface area (Å²) in [5.41, 5.74) is -5.24. The van der Waals surface area contributed by atoms with E-state index in [4.69, 9.17) is 11.6 Å². The quantitative estimate of drug-likeness (QED) is 0.892. The molecule has 0 bridgehead atoms. The zero-order valence-corrected chi connectivity index (χ0v) is 12.9. The Bertz CT molecular complexity index is 618. The second kappa shape index (κ2) is 6.55. The van der Waals surface area contributed by atoms with Crippen LogP contribution in [0.2, 0.25) is 5.02 Å². The van der Waals surface area contributed by atoms with E-state index in [0.717, 1.165) is 0 Å². The van der Waals surface area contributed by atoms with Crippen LogP contribution in [-0.2, 0) is 10.0 Å². The van der Waals surface area contributed by atoms with Gasteiger partial charge in [0.2, 0.25) is 0 Å². The number of hydrogen-bond acceptors (Lipinski definition) is 5. The molecular weight excluding hydrogens is 345 g/mol. The summed E-state index contributed by atoms with van der Waals surface area (Å²) in [4.78, 5) is 7.68. The molecule has 0 aromatic carbocycles. The van der Waals surface area contributed by atoms with E-state index in [1.165, 1.54) is 12.5 Å².